The fraction of sp³-hybridized carbons (Fsp3) is 0.278. The predicted molar refractivity (Wildman–Crippen MR) is 113 cm³/mol. The number of nitrogens with one attached hydrogen (secondary N) is 1. The van der Waals surface area contributed by atoms with Crippen molar-refractivity contribution in [2.24, 2.45) is 4.40 Å². The SMILES string of the molecule is CC(C)OCCN1C(C(=O)Nc2ccc(F)c(Cl)c2)=CC(c2nccs2)=N[S+]1[O-]. The number of nitrogens with zero attached hydrogens (tertiary/aromatic N) is 3. The molecule has 1 atom stereocenters. The zero-order valence-electron chi connectivity index (χ0n) is 15.6. The van der Waals surface area contributed by atoms with Gasteiger partial charge in [-0.2, -0.15) is 4.31 Å². The van der Waals surface area contributed by atoms with Gasteiger partial charge in [-0.25, -0.2) is 9.37 Å². The first-order chi connectivity index (χ1) is 13.8. The number of hydrogen-bond donors (Lipinski definition) is 1. The van der Waals surface area contributed by atoms with Crippen LogP contribution < -0.4 is 5.32 Å². The number of halogens is 2. The van der Waals surface area contributed by atoms with E-state index in [0.717, 1.165) is 6.07 Å². The number of allylic oxidation sites excluding steroid dienone is 1. The van der Waals surface area contributed by atoms with Gasteiger partial charge in [0.1, 0.15) is 10.8 Å². The molecule has 0 radical (unpaired) electrons. The number of hydrogen-bond acceptors (Lipinski definition) is 7. The molecule has 2 aromatic rings. The highest BCUT2D eigenvalue weighted by Gasteiger charge is 2.34. The third-order valence-corrected chi connectivity index (χ3v) is 5.91. The maximum atomic E-state index is 13.4. The van der Waals surface area contributed by atoms with Crippen LogP contribution in [-0.4, -0.2) is 44.7 Å². The fourth-order valence-electron chi connectivity index (χ4n) is 2.41. The molecule has 1 aromatic carbocycles. The normalized spacial score (nSPS) is 16.6. The molecule has 1 amide bonds. The van der Waals surface area contributed by atoms with E-state index in [4.69, 9.17) is 16.3 Å². The Kier molecular flexibility index (Phi) is 7.25. The Bertz CT molecular complexity index is 937. The first-order valence-corrected chi connectivity index (χ1v) is 10.9. The minimum Gasteiger partial charge on any atom is -0.566 e. The molecular formula is C18H18ClFN4O3S2. The molecule has 3 rings (SSSR count). The van der Waals surface area contributed by atoms with Crippen molar-refractivity contribution in [3.05, 3.63) is 57.4 Å². The summed E-state index contributed by atoms with van der Waals surface area (Å²) in [6, 6.07) is 3.85. The number of carbonyl (C=O) groups is 1. The van der Waals surface area contributed by atoms with Gasteiger partial charge in [-0.3, -0.25) is 4.79 Å². The van der Waals surface area contributed by atoms with E-state index in [9.17, 15) is 13.7 Å². The number of anilines is 1. The van der Waals surface area contributed by atoms with E-state index >= 15 is 0 Å². The third-order valence-electron chi connectivity index (χ3n) is 3.71. The molecule has 0 saturated carbocycles. The molecule has 1 aliphatic heterocycles. The summed E-state index contributed by atoms with van der Waals surface area (Å²) in [5.74, 6) is -1.12. The van der Waals surface area contributed by atoms with Gasteiger partial charge < -0.3 is 14.6 Å². The molecule has 11 heteroatoms. The maximum absolute atomic E-state index is 13.4. The van der Waals surface area contributed by atoms with E-state index in [1.165, 1.54) is 33.9 Å². The van der Waals surface area contributed by atoms with Crippen LogP contribution in [0, 0.1) is 5.82 Å². The summed E-state index contributed by atoms with van der Waals surface area (Å²) in [4.78, 5) is 17.1. The highest BCUT2D eigenvalue weighted by molar-refractivity contribution is 7.88. The summed E-state index contributed by atoms with van der Waals surface area (Å²) < 4.78 is 37.1. The maximum Gasteiger partial charge on any atom is 0.276 e. The smallest absolute Gasteiger partial charge is 0.276 e. The lowest BCUT2D eigenvalue weighted by Gasteiger charge is -2.26. The van der Waals surface area contributed by atoms with Crippen molar-refractivity contribution in [3.63, 3.8) is 0 Å². The summed E-state index contributed by atoms with van der Waals surface area (Å²) in [5, 5.41) is 4.84. The molecule has 7 nitrogen and oxygen atoms in total. The van der Waals surface area contributed by atoms with Gasteiger partial charge in [-0.1, -0.05) is 11.6 Å². The van der Waals surface area contributed by atoms with Crippen molar-refractivity contribution >= 4 is 51.8 Å². The topological polar surface area (TPSA) is 89.9 Å². The lowest BCUT2D eigenvalue weighted by molar-refractivity contribution is -0.113. The molecule has 0 fully saturated rings. The van der Waals surface area contributed by atoms with Crippen LogP contribution in [-0.2, 0) is 21.1 Å². The molecule has 1 unspecified atom stereocenters. The molecule has 1 aliphatic rings. The second-order valence-electron chi connectivity index (χ2n) is 6.18. The molecule has 0 bridgehead atoms. The van der Waals surface area contributed by atoms with Gasteiger partial charge >= 0.3 is 0 Å². The van der Waals surface area contributed by atoms with E-state index in [2.05, 4.69) is 14.7 Å². The Morgan fingerprint density at radius 3 is 2.93 bits per heavy atom. The molecule has 1 N–H and O–H groups in total. The van der Waals surface area contributed by atoms with E-state index in [1.807, 2.05) is 13.8 Å². The zero-order valence-corrected chi connectivity index (χ0v) is 18.0. The molecule has 1 aromatic heterocycles. The highest BCUT2D eigenvalue weighted by atomic mass is 35.5. The van der Waals surface area contributed by atoms with Crippen molar-refractivity contribution in [2.45, 2.75) is 20.0 Å². The lowest BCUT2D eigenvalue weighted by Crippen LogP contribution is -2.40. The van der Waals surface area contributed by atoms with Gasteiger partial charge in [-0.05, 0) is 36.4 Å². The molecule has 0 spiro atoms. The van der Waals surface area contributed by atoms with Crippen molar-refractivity contribution in [1.29, 1.82) is 0 Å². The van der Waals surface area contributed by atoms with Crippen LogP contribution in [0.15, 0.2) is 45.9 Å². The number of thiazole rings is 1. The standard InChI is InChI=1S/C18H18ClFN4O3S2/c1-11(2)27-7-6-24-16(10-15(23-29(24)26)18-21-5-8-28-18)17(25)22-12-3-4-14(20)13(19)9-12/h3-5,8-11H,6-7H2,1-2H3,(H,22,25). The Morgan fingerprint density at radius 1 is 1.48 bits per heavy atom. The first kappa shape index (κ1) is 21.7. The minimum absolute atomic E-state index is 0.00906. The summed E-state index contributed by atoms with van der Waals surface area (Å²) >= 11 is 5.27. The number of amides is 1. The number of carbonyl (C=O) groups excluding carboxylic acids is 1. The van der Waals surface area contributed by atoms with Crippen molar-refractivity contribution in [2.75, 3.05) is 18.5 Å². The van der Waals surface area contributed by atoms with Crippen LogP contribution in [0.1, 0.15) is 18.9 Å². The molecule has 154 valence electrons. The second-order valence-corrected chi connectivity index (χ2v) is 8.57. The quantitative estimate of drug-likeness (QED) is 0.643. The number of ether oxygens (including phenoxy) is 1. The van der Waals surface area contributed by atoms with E-state index in [-0.39, 0.29) is 30.0 Å². The predicted octanol–water partition coefficient (Wildman–Crippen LogP) is 3.57. The Labute approximate surface area is 179 Å². The minimum atomic E-state index is -1.83. The second kappa shape index (κ2) is 9.68. The van der Waals surface area contributed by atoms with Crippen LogP contribution in [0.5, 0.6) is 0 Å². The van der Waals surface area contributed by atoms with E-state index in [1.54, 1.807) is 11.6 Å². The number of rotatable bonds is 7. The molecule has 0 aliphatic carbocycles. The van der Waals surface area contributed by atoms with Gasteiger partial charge in [0.15, 0.2) is 11.4 Å². The van der Waals surface area contributed by atoms with Gasteiger partial charge in [-0.15, -0.1) is 11.3 Å². The van der Waals surface area contributed by atoms with Crippen LogP contribution in [0.25, 0.3) is 0 Å². The van der Waals surface area contributed by atoms with Crippen molar-refractivity contribution in [1.82, 2.24) is 9.29 Å². The average Bonchev–Trinajstić information content (AvgIpc) is 3.20. The van der Waals surface area contributed by atoms with E-state index < -0.39 is 23.3 Å². The van der Waals surface area contributed by atoms with Gasteiger partial charge in [0.2, 0.25) is 11.5 Å². The number of aromatic nitrogens is 1. The summed E-state index contributed by atoms with van der Waals surface area (Å²) in [6.07, 6.45) is 3.11. The summed E-state index contributed by atoms with van der Waals surface area (Å²) in [5.41, 5.74) is 0.794. The van der Waals surface area contributed by atoms with Crippen LogP contribution >= 0.6 is 22.9 Å². The Morgan fingerprint density at radius 2 is 2.28 bits per heavy atom. The highest BCUT2D eigenvalue weighted by Crippen LogP contribution is 2.25. The fourth-order valence-corrected chi connectivity index (χ4v) is 4.19. The molecule has 2 heterocycles. The van der Waals surface area contributed by atoms with Gasteiger partial charge in [0, 0.05) is 23.3 Å². The van der Waals surface area contributed by atoms with E-state index in [0.29, 0.717) is 16.4 Å². The Balaban J connectivity index is 1.86. The molecular weight excluding hydrogens is 439 g/mol. The van der Waals surface area contributed by atoms with Crippen LogP contribution in [0.2, 0.25) is 5.02 Å². The molecule has 29 heavy (non-hydrogen) atoms. The van der Waals surface area contributed by atoms with Gasteiger partial charge in [0.05, 0.1) is 24.3 Å². The van der Waals surface area contributed by atoms with Crippen LogP contribution in [0.3, 0.4) is 0 Å². The monoisotopic (exact) mass is 456 g/mol. The Hall–Kier alpha value is -1.98. The summed E-state index contributed by atoms with van der Waals surface area (Å²) in [6.45, 7) is 4.22. The van der Waals surface area contributed by atoms with Crippen molar-refractivity contribution < 1.29 is 18.5 Å². The average molecular weight is 457 g/mol. The third kappa shape index (κ3) is 5.55. The molecule has 0 saturated heterocycles. The first-order valence-electron chi connectivity index (χ1n) is 8.63. The lowest BCUT2D eigenvalue weighted by atomic mass is 10.2. The number of benzene rings is 1. The van der Waals surface area contributed by atoms with Crippen molar-refractivity contribution in [3.8, 4) is 0 Å². The van der Waals surface area contributed by atoms with Crippen LogP contribution in [0.4, 0.5) is 10.1 Å². The largest absolute Gasteiger partial charge is 0.566 e. The van der Waals surface area contributed by atoms with Gasteiger partial charge in [0.25, 0.3) is 5.91 Å². The zero-order chi connectivity index (χ0) is 21.0. The summed E-state index contributed by atoms with van der Waals surface area (Å²) in [7, 11) is 0.